The molecule has 1 fully saturated rings. The monoisotopic (exact) mass is 378 g/mol. The molecule has 4 heterocycles. The molecule has 4 rings (SSSR count). The average Bonchev–Trinajstić information content (AvgIpc) is 3.27. The SMILES string of the molecule is O=C(CC1CSc2nc3[nH]ncc3c(=O)n21)NCCCN1CCOCC1. The third-order valence-electron chi connectivity index (χ3n) is 4.75. The highest BCUT2D eigenvalue weighted by Gasteiger charge is 2.28. The molecule has 1 unspecified atom stereocenters. The number of aromatic amines is 1. The van der Waals surface area contributed by atoms with Crippen molar-refractivity contribution in [1.29, 1.82) is 0 Å². The number of carbonyl (C=O) groups excluding carboxylic acids is 1. The molecule has 1 atom stereocenters. The second-order valence-corrected chi connectivity index (χ2v) is 7.52. The molecule has 1 saturated heterocycles. The highest BCUT2D eigenvalue weighted by Crippen LogP contribution is 2.32. The van der Waals surface area contributed by atoms with Crippen LogP contribution in [-0.4, -0.2) is 75.7 Å². The van der Waals surface area contributed by atoms with Crippen molar-refractivity contribution < 1.29 is 9.53 Å². The average molecular weight is 378 g/mol. The van der Waals surface area contributed by atoms with E-state index in [2.05, 4.69) is 25.4 Å². The Bertz CT molecular complexity index is 844. The first-order valence-electron chi connectivity index (χ1n) is 8.87. The topological polar surface area (TPSA) is 105 Å². The summed E-state index contributed by atoms with van der Waals surface area (Å²) < 4.78 is 6.96. The molecule has 2 aliphatic heterocycles. The van der Waals surface area contributed by atoms with Crippen LogP contribution < -0.4 is 10.9 Å². The van der Waals surface area contributed by atoms with Crippen LogP contribution in [0.1, 0.15) is 18.9 Å². The van der Waals surface area contributed by atoms with Crippen LogP contribution >= 0.6 is 11.8 Å². The maximum atomic E-state index is 12.6. The molecule has 2 aromatic rings. The number of fused-ring (bicyclic) bond motifs is 2. The summed E-state index contributed by atoms with van der Waals surface area (Å²) in [5.74, 6) is 0.661. The van der Waals surface area contributed by atoms with Crippen LogP contribution in [0, 0.1) is 0 Å². The Morgan fingerprint density at radius 2 is 2.27 bits per heavy atom. The number of rotatable bonds is 6. The van der Waals surface area contributed by atoms with Gasteiger partial charge in [0.05, 0.1) is 25.5 Å². The van der Waals surface area contributed by atoms with Gasteiger partial charge in [0.1, 0.15) is 5.39 Å². The Hall–Kier alpha value is -1.91. The van der Waals surface area contributed by atoms with Gasteiger partial charge in [-0.1, -0.05) is 11.8 Å². The third kappa shape index (κ3) is 3.62. The fourth-order valence-electron chi connectivity index (χ4n) is 3.35. The first kappa shape index (κ1) is 17.5. The van der Waals surface area contributed by atoms with Crippen LogP contribution in [0.15, 0.2) is 16.1 Å². The van der Waals surface area contributed by atoms with Crippen molar-refractivity contribution >= 4 is 28.7 Å². The zero-order chi connectivity index (χ0) is 17.9. The van der Waals surface area contributed by atoms with E-state index in [9.17, 15) is 9.59 Å². The van der Waals surface area contributed by atoms with Crippen molar-refractivity contribution in [2.45, 2.75) is 24.0 Å². The van der Waals surface area contributed by atoms with Gasteiger partial charge in [-0.25, -0.2) is 4.98 Å². The third-order valence-corrected chi connectivity index (χ3v) is 5.85. The Morgan fingerprint density at radius 1 is 1.42 bits per heavy atom. The molecular weight excluding hydrogens is 356 g/mol. The Morgan fingerprint density at radius 3 is 3.12 bits per heavy atom. The number of morpholine rings is 1. The van der Waals surface area contributed by atoms with Gasteiger partial charge in [-0.15, -0.1) is 0 Å². The summed E-state index contributed by atoms with van der Waals surface area (Å²) in [5, 5.41) is 10.7. The van der Waals surface area contributed by atoms with Crippen LogP contribution in [0.5, 0.6) is 0 Å². The number of H-pyrrole nitrogens is 1. The second kappa shape index (κ2) is 7.77. The lowest BCUT2D eigenvalue weighted by atomic mass is 10.2. The van der Waals surface area contributed by atoms with Gasteiger partial charge in [0.25, 0.3) is 5.56 Å². The van der Waals surface area contributed by atoms with Crippen molar-refractivity contribution in [3.05, 3.63) is 16.6 Å². The number of hydrogen-bond acceptors (Lipinski definition) is 7. The summed E-state index contributed by atoms with van der Waals surface area (Å²) in [6, 6.07) is -0.159. The zero-order valence-electron chi connectivity index (χ0n) is 14.4. The molecule has 2 N–H and O–H groups in total. The van der Waals surface area contributed by atoms with E-state index in [0.717, 1.165) is 39.3 Å². The Labute approximate surface area is 154 Å². The fourth-order valence-corrected chi connectivity index (χ4v) is 4.48. The second-order valence-electron chi connectivity index (χ2n) is 6.53. The summed E-state index contributed by atoms with van der Waals surface area (Å²) in [5.41, 5.74) is 0.371. The minimum Gasteiger partial charge on any atom is -0.379 e. The van der Waals surface area contributed by atoms with Gasteiger partial charge in [-0.05, 0) is 13.0 Å². The van der Waals surface area contributed by atoms with Gasteiger partial charge in [-0.3, -0.25) is 24.2 Å². The number of carbonyl (C=O) groups is 1. The van der Waals surface area contributed by atoms with Crippen LogP contribution in [-0.2, 0) is 9.53 Å². The maximum Gasteiger partial charge on any atom is 0.265 e. The molecule has 10 heteroatoms. The first-order chi connectivity index (χ1) is 12.7. The van der Waals surface area contributed by atoms with Gasteiger partial charge in [-0.2, -0.15) is 5.10 Å². The molecule has 1 amide bonds. The number of thioether (sulfide) groups is 1. The molecule has 9 nitrogen and oxygen atoms in total. The van der Waals surface area contributed by atoms with E-state index in [1.807, 2.05) is 0 Å². The Kier molecular flexibility index (Phi) is 5.23. The lowest BCUT2D eigenvalue weighted by Gasteiger charge is -2.26. The molecule has 0 aliphatic carbocycles. The van der Waals surface area contributed by atoms with Crippen molar-refractivity contribution in [2.75, 3.05) is 45.1 Å². The summed E-state index contributed by atoms with van der Waals surface area (Å²) >= 11 is 1.50. The van der Waals surface area contributed by atoms with E-state index in [1.165, 1.54) is 18.0 Å². The lowest BCUT2D eigenvalue weighted by Crippen LogP contribution is -2.38. The highest BCUT2D eigenvalue weighted by molar-refractivity contribution is 7.99. The number of nitrogens with zero attached hydrogens (tertiary/aromatic N) is 4. The Balaban J connectivity index is 1.30. The van der Waals surface area contributed by atoms with Gasteiger partial charge in [0.2, 0.25) is 5.91 Å². The van der Waals surface area contributed by atoms with Crippen LogP contribution in [0.4, 0.5) is 0 Å². The lowest BCUT2D eigenvalue weighted by molar-refractivity contribution is -0.121. The predicted octanol–water partition coefficient (Wildman–Crippen LogP) is -0.00500. The summed E-state index contributed by atoms with van der Waals surface area (Å²) in [6.07, 6.45) is 2.70. The van der Waals surface area contributed by atoms with Crippen LogP contribution in [0.3, 0.4) is 0 Å². The van der Waals surface area contributed by atoms with Gasteiger partial charge in [0.15, 0.2) is 10.8 Å². The number of amides is 1. The standard InChI is InChI=1S/C16H22N6O3S/c23-13(17-2-1-3-21-4-6-25-7-5-21)8-11-10-26-16-19-14-12(9-18-20-14)15(24)22(11)16/h9,11H,1-8,10H2,(H,17,23)(H,18,20). The van der Waals surface area contributed by atoms with Crippen LogP contribution in [0.2, 0.25) is 0 Å². The normalized spacial score (nSPS) is 20.4. The van der Waals surface area contributed by atoms with Gasteiger partial charge >= 0.3 is 0 Å². The largest absolute Gasteiger partial charge is 0.379 e. The van der Waals surface area contributed by atoms with Gasteiger partial charge < -0.3 is 10.1 Å². The summed E-state index contributed by atoms with van der Waals surface area (Å²) in [6.45, 7) is 5.12. The smallest absolute Gasteiger partial charge is 0.265 e. The van der Waals surface area contributed by atoms with E-state index < -0.39 is 0 Å². The van der Waals surface area contributed by atoms with E-state index in [1.54, 1.807) is 4.57 Å². The maximum absolute atomic E-state index is 12.6. The number of hydrogen-bond donors (Lipinski definition) is 2. The minimum absolute atomic E-state index is 0.0235. The molecule has 0 spiro atoms. The quantitative estimate of drug-likeness (QED) is 0.538. The van der Waals surface area contributed by atoms with Crippen molar-refractivity contribution in [3.8, 4) is 0 Å². The van der Waals surface area contributed by atoms with E-state index in [-0.39, 0.29) is 17.5 Å². The predicted molar refractivity (Wildman–Crippen MR) is 97.4 cm³/mol. The van der Waals surface area contributed by atoms with Gasteiger partial charge in [0, 0.05) is 31.8 Å². The molecule has 2 aliphatic rings. The zero-order valence-corrected chi connectivity index (χ0v) is 15.3. The fraction of sp³-hybridized carbons (Fsp3) is 0.625. The highest BCUT2D eigenvalue weighted by atomic mass is 32.2. The molecule has 0 saturated carbocycles. The number of ether oxygens (including phenoxy) is 1. The molecule has 0 bridgehead atoms. The summed E-state index contributed by atoms with van der Waals surface area (Å²) in [7, 11) is 0. The van der Waals surface area contributed by atoms with Crippen LogP contribution in [0.25, 0.3) is 11.0 Å². The molecule has 0 radical (unpaired) electrons. The first-order valence-corrected chi connectivity index (χ1v) is 9.86. The molecule has 26 heavy (non-hydrogen) atoms. The van der Waals surface area contributed by atoms with Crippen molar-refractivity contribution in [1.82, 2.24) is 30.0 Å². The van der Waals surface area contributed by atoms with Crippen molar-refractivity contribution in [3.63, 3.8) is 0 Å². The van der Waals surface area contributed by atoms with E-state index >= 15 is 0 Å². The summed E-state index contributed by atoms with van der Waals surface area (Å²) in [4.78, 5) is 31.7. The van der Waals surface area contributed by atoms with E-state index in [0.29, 0.717) is 34.9 Å². The van der Waals surface area contributed by atoms with E-state index in [4.69, 9.17) is 4.74 Å². The molecule has 2 aromatic heterocycles. The number of nitrogens with one attached hydrogen (secondary N) is 2. The molecule has 0 aromatic carbocycles. The van der Waals surface area contributed by atoms with Crippen molar-refractivity contribution in [2.24, 2.45) is 0 Å². The number of aromatic nitrogens is 4. The minimum atomic E-state index is -0.159. The molecular formula is C16H22N6O3S. The molecule has 140 valence electrons.